The largest absolute Gasteiger partial charge is 0.467 e. The molecule has 1 heterocycles. The van der Waals surface area contributed by atoms with E-state index >= 15 is 0 Å². The summed E-state index contributed by atoms with van der Waals surface area (Å²) in [5.74, 6) is -1.07. The average Bonchev–Trinajstić information content (AvgIpc) is 2.68. The summed E-state index contributed by atoms with van der Waals surface area (Å²) in [6.45, 7) is 1.32. The minimum Gasteiger partial charge on any atom is -0.467 e. The van der Waals surface area contributed by atoms with E-state index in [0.717, 1.165) is 0 Å². The summed E-state index contributed by atoms with van der Waals surface area (Å²) in [4.78, 5) is 22.9. The summed E-state index contributed by atoms with van der Waals surface area (Å²) >= 11 is 1.21. The maximum atomic E-state index is 11.4. The highest BCUT2D eigenvalue weighted by atomic mass is 32.1. The van der Waals surface area contributed by atoms with Crippen LogP contribution >= 0.6 is 11.3 Å². The molecule has 0 aliphatic carbocycles. The number of hydrogen-bond acceptors (Lipinski definition) is 5. The van der Waals surface area contributed by atoms with Crippen LogP contribution < -0.4 is 0 Å². The summed E-state index contributed by atoms with van der Waals surface area (Å²) in [5.41, 5.74) is -1.84. The van der Waals surface area contributed by atoms with Crippen LogP contribution in [0.3, 0.4) is 0 Å². The number of ketones is 1. The van der Waals surface area contributed by atoms with Crippen LogP contribution in [0.1, 0.15) is 18.2 Å². The zero-order valence-corrected chi connectivity index (χ0v) is 9.34. The normalized spacial score (nSPS) is 14.3. The van der Waals surface area contributed by atoms with E-state index in [2.05, 4.69) is 4.74 Å². The Balaban J connectivity index is 3.06. The molecule has 1 atom stereocenters. The topological polar surface area (TPSA) is 63.6 Å². The molecular weight excluding hydrogens is 216 g/mol. The Morgan fingerprint density at radius 1 is 1.60 bits per heavy atom. The van der Waals surface area contributed by atoms with Gasteiger partial charge in [0.15, 0.2) is 0 Å². The second-order valence-electron chi connectivity index (χ2n) is 3.21. The smallest absolute Gasteiger partial charge is 0.343 e. The Morgan fingerprint density at radius 3 is 2.67 bits per heavy atom. The number of methoxy groups -OCH3 is 1. The van der Waals surface area contributed by atoms with Crippen molar-refractivity contribution in [1.82, 2.24) is 0 Å². The molecule has 0 radical (unpaired) electrons. The van der Waals surface area contributed by atoms with Gasteiger partial charge < -0.3 is 9.84 Å². The van der Waals surface area contributed by atoms with E-state index in [-0.39, 0.29) is 12.2 Å². The van der Waals surface area contributed by atoms with Gasteiger partial charge in [0.1, 0.15) is 5.78 Å². The number of Topliss-reactive ketones (excluding diaryl/α,β-unsaturated/α-hetero) is 1. The molecule has 0 amide bonds. The van der Waals surface area contributed by atoms with E-state index in [9.17, 15) is 14.7 Å². The zero-order chi connectivity index (χ0) is 11.5. The summed E-state index contributed by atoms with van der Waals surface area (Å²) in [7, 11) is 1.18. The van der Waals surface area contributed by atoms with Crippen LogP contribution in [0, 0.1) is 0 Å². The highest BCUT2D eigenvalue weighted by Gasteiger charge is 2.41. The van der Waals surface area contributed by atoms with Crippen molar-refractivity contribution in [2.45, 2.75) is 18.9 Å². The molecule has 0 saturated heterocycles. The molecule has 0 aliphatic rings. The van der Waals surface area contributed by atoms with Gasteiger partial charge in [0.05, 0.1) is 13.5 Å². The van der Waals surface area contributed by atoms with Crippen molar-refractivity contribution < 1.29 is 19.4 Å². The molecular formula is C10H12O4S. The summed E-state index contributed by atoms with van der Waals surface area (Å²) < 4.78 is 4.51. The van der Waals surface area contributed by atoms with Crippen LogP contribution in [0.4, 0.5) is 0 Å². The molecule has 1 rings (SSSR count). The Morgan fingerprint density at radius 2 is 2.27 bits per heavy atom. The third-order valence-electron chi connectivity index (χ3n) is 1.96. The number of esters is 1. The molecule has 82 valence electrons. The fourth-order valence-electron chi connectivity index (χ4n) is 1.30. The van der Waals surface area contributed by atoms with Crippen LogP contribution in [0.5, 0.6) is 0 Å². The quantitative estimate of drug-likeness (QED) is 0.783. The van der Waals surface area contributed by atoms with Crippen LogP contribution in [-0.4, -0.2) is 24.0 Å². The molecule has 0 fully saturated rings. The van der Waals surface area contributed by atoms with Gasteiger partial charge in [0, 0.05) is 4.88 Å². The molecule has 5 heteroatoms. The van der Waals surface area contributed by atoms with Gasteiger partial charge >= 0.3 is 5.97 Å². The third kappa shape index (κ3) is 2.43. The van der Waals surface area contributed by atoms with Crippen LogP contribution in [0.2, 0.25) is 0 Å². The first-order valence-electron chi connectivity index (χ1n) is 4.35. The van der Waals surface area contributed by atoms with Gasteiger partial charge in [-0.3, -0.25) is 4.79 Å². The standard InChI is InChI=1S/C10H12O4S/c1-7(11)6-10(13,9(12)14-2)8-4-3-5-15-8/h3-5,13H,6H2,1-2H3/t10-/m0/s1. The molecule has 0 aliphatic heterocycles. The molecule has 0 saturated carbocycles. The van der Waals surface area contributed by atoms with E-state index < -0.39 is 11.6 Å². The minimum absolute atomic E-state index is 0.264. The molecule has 0 unspecified atom stereocenters. The molecule has 1 aromatic heterocycles. The van der Waals surface area contributed by atoms with Gasteiger partial charge in [-0.15, -0.1) is 11.3 Å². The van der Waals surface area contributed by atoms with E-state index in [1.54, 1.807) is 17.5 Å². The summed E-state index contributed by atoms with van der Waals surface area (Å²) in [6.07, 6.45) is -0.264. The molecule has 0 spiro atoms. The Labute approximate surface area is 91.5 Å². The maximum absolute atomic E-state index is 11.4. The molecule has 15 heavy (non-hydrogen) atoms. The average molecular weight is 228 g/mol. The first-order chi connectivity index (χ1) is 7.00. The van der Waals surface area contributed by atoms with E-state index in [1.807, 2.05) is 0 Å². The van der Waals surface area contributed by atoms with Crippen molar-refractivity contribution in [2.75, 3.05) is 7.11 Å². The highest BCUT2D eigenvalue weighted by Crippen LogP contribution is 2.30. The first-order valence-corrected chi connectivity index (χ1v) is 5.23. The molecule has 1 aromatic rings. The lowest BCUT2D eigenvalue weighted by molar-refractivity contribution is -0.165. The van der Waals surface area contributed by atoms with Crippen LogP contribution in [0.15, 0.2) is 17.5 Å². The van der Waals surface area contributed by atoms with Gasteiger partial charge in [0.2, 0.25) is 5.60 Å². The van der Waals surface area contributed by atoms with E-state index in [4.69, 9.17) is 0 Å². The lowest BCUT2D eigenvalue weighted by Gasteiger charge is -2.22. The minimum atomic E-state index is -1.84. The number of aliphatic hydroxyl groups is 1. The first kappa shape index (κ1) is 11.9. The predicted molar refractivity (Wildman–Crippen MR) is 55.5 cm³/mol. The number of hydrogen-bond donors (Lipinski definition) is 1. The summed E-state index contributed by atoms with van der Waals surface area (Å²) in [5, 5.41) is 11.9. The third-order valence-corrected chi connectivity index (χ3v) is 2.98. The van der Waals surface area contributed by atoms with Gasteiger partial charge in [-0.1, -0.05) is 6.07 Å². The van der Waals surface area contributed by atoms with Crippen molar-refractivity contribution in [1.29, 1.82) is 0 Å². The number of carbonyl (C=O) groups excluding carboxylic acids is 2. The van der Waals surface area contributed by atoms with Gasteiger partial charge in [-0.25, -0.2) is 4.79 Å². The predicted octanol–water partition coefficient (Wildman–Crippen LogP) is 1.09. The van der Waals surface area contributed by atoms with Crippen molar-refractivity contribution in [2.24, 2.45) is 0 Å². The number of rotatable bonds is 4. The Kier molecular flexibility index (Phi) is 3.60. The number of thiophene rings is 1. The second-order valence-corrected chi connectivity index (χ2v) is 4.16. The van der Waals surface area contributed by atoms with Crippen LogP contribution in [-0.2, 0) is 19.9 Å². The van der Waals surface area contributed by atoms with E-state index in [1.165, 1.54) is 25.4 Å². The van der Waals surface area contributed by atoms with Gasteiger partial charge in [0.25, 0.3) is 0 Å². The highest BCUT2D eigenvalue weighted by molar-refractivity contribution is 7.10. The SMILES string of the molecule is COC(=O)[C@](O)(CC(C)=O)c1cccs1. The zero-order valence-electron chi connectivity index (χ0n) is 8.52. The molecule has 0 aromatic carbocycles. The van der Waals surface area contributed by atoms with Crippen molar-refractivity contribution in [3.63, 3.8) is 0 Å². The number of ether oxygens (including phenoxy) is 1. The van der Waals surface area contributed by atoms with Crippen molar-refractivity contribution in [3.8, 4) is 0 Å². The molecule has 4 nitrogen and oxygen atoms in total. The van der Waals surface area contributed by atoms with E-state index in [0.29, 0.717) is 4.88 Å². The van der Waals surface area contributed by atoms with Gasteiger partial charge in [-0.05, 0) is 18.4 Å². The lowest BCUT2D eigenvalue weighted by Crippen LogP contribution is -2.37. The summed E-state index contributed by atoms with van der Waals surface area (Å²) in [6, 6.07) is 3.30. The van der Waals surface area contributed by atoms with Crippen molar-refractivity contribution in [3.05, 3.63) is 22.4 Å². The lowest BCUT2D eigenvalue weighted by atomic mass is 9.96. The monoisotopic (exact) mass is 228 g/mol. The van der Waals surface area contributed by atoms with Crippen molar-refractivity contribution >= 4 is 23.1 Å². The fourth-order valence-corrected chi connectivity index (χ4v) is 2.11. The second kappa shape index (κ2) is 4.55. The molecule has 0 bridgehead atoms. The fraction of sp³-hybridized carbons (Fsp3) is 0.400. The number of carbonyl (C=O) groups is 2. The van der Waals surface area contributed by atoms with Crippen LogP contribution in [0.25, 0.3) is 0 Å². The molecule has 1 N–H and O–H groups in total. The Hall–Kier alpha value is -1.20. The maximum Gasteiger partial charge on any atom is 0.343 e. The van der Waals surface area contributed by atoms with Gasteiger partial charge in [-0.2, -0.15) is 0 Å². The Bertz CT molecular complexity index is 358.